The average Bonchev–Trinajstić information content (AvgIpc) is 2.46. The van der Waals surface area contributed by atoms with Crippen LogP contribution in [0.1, 0.15) is 5.56 Å². The summed E-state index contributed by atoms with van der Waals surface area (Å²) in [7, 11) is 0. The van der Waals surface area contributed by atoms with Gasteiger partial charge in [0.25, 0.3) is 0 Å². The second-order valence-electron chi connectivity index (χ2n) is 4.16. The lowest BCUT2D eigenvalue weighted by Gasteiger charge is -2.19. The first-order valence-corrected chi connectivity index (χ1v) is 6.37. The molecule has 3 rings (SSSR count). The second-order valence-corrected chi connectivity index (χ2v) is 4.55. The summed E-state index contributed by atoms with van der Waals surface area (Å²) in [6.45, 7) is 1.09. The maximum absolute atomic E-state index is 8.91. The van der Waals surface area contributed by atoms with E-state index in [4.69, 9.17) is 26.3 Å². The Morgan fingerprint density at radius 1 is 1.15 bits per heavy atom. The molecule has 0 amide bonds. The molecule has 0 fully saturated rings. The van der Waals surface area contributed by atoms with Crippen LogP contribution < -0.4 is 14.8 Å². The number of halogens is 1. The van der Waals surface area contributed by atoms with Crippen molar-refractivity contribution < 1.29 is 9.47 Å². The standard InChI is InChI=1S/C14H10ClN3O2/c15-13-5-9(8-16)6-14(18-13)17-10-1-2-11-12(7-10)20-4-3-19-11/h1-2,5-7H,3-4H2,(H,17,18). The Morgan fingerprint density at radius 2 is 1.95 bits per heavy atom. The van der Waals surface area contributed by atoms with Crippen LogP contribution in [0, 0.1) is 11.3 Å². The molecule has 2 heterocycles. The number of hydrogen-bond donors (Lipinski definition) is 1. The molecule has 0 atom stereocenters. The highest BCUT2D eigenvalue weighted by Crippen LogP contribution is 2.33. The molecule has 1 aromatic heterocycles. The van der Waals surface area contributed by atoms with E-state index in [1.54, 1.807) is 6.07 Å². The molecule has 1 aliphatic rings. The number of pyridine rings is 1. The summed E-state index contributed by atoms with van der Waals surface area (Å²) in [5.74, 6) is 1.91. The highest BCUT2D eigenvalue weighted by Gasteiger charge is 2.12. The van der Waals surface area contributed by atoms with Crippen molar-refractivity contribution >= 4 is 23.1 Å². The van der Waals surface area contributed by atoms with E-state index in [-0.39, 0.29) is 5.15 Å². The van der Waals surface area contributed by atoms with Gasteiger partial charge in [-0.05, 0) is 24.3 Å². The molecule has 2 aromatic rings. The van der Waals surface area contributed by atoms with Crippen molar-refractivity contribution in [2.24, 2.45) is 0 Å². The Hall–Kier alpha value is -2.45. The third-order valence-corrected chi connectivity index (χ3v) is 2.93. The molecule has 0 unspecified atom stereocenters. The van der Waals surface area contributed by atoms with Crippen LogP contribution in [0.2, 0.25) is 5.15 Å². The number of ether oxygens (including phenoxy) is 2. The van der Waals surface area contributed by atoms with E-state index < -0.39 is 0 Å². The molecule has 0 radical (unpaired) electrons. The first-order valence-electron chi connectivity index (χ1n) is 5.99. The molecule has 0 spiro atoms. The van der Waals surface area contributed by atoms with Crippen molar-refractivity contribution in [3.8, 4) is 17.6 Å². The van der Waals surface area contributed by atoms with Crippen LogP contribution in [-0.4, -0.2) is 18.2 Å². The fraction of sp³-hybridized carbons (Fsp3) is 0.143. The summed E-state index contributed by atoms with van der Waals surface area (Å²) in [5, 5.41) is 12.3. The van der Waals surface area contributed by atoms with E-state index in [9.17, 15) is 0 Å². The van der Waals surface area contributed by atoms with Crippen LogP contribution in [0.25, 0.3) is 0 Å². The Balaban J connectivity index is 1.88. The molecule has 0 saturated carbocycles. The number of nitrogens with zero attached hydrogens (tertiary/aromatic N) is 2. The van der Waals surface area contributed by atoms with Gasteiger partial charge in [0, 0.05) is 11.8 Å². The minimum absolute atomic E-state index is 0.268. The maximum Gasteiger partial charge on any atom is 0.163 e. The zero-order chi connectivity index (χ0) is 13.9. The zero-order valence-electron chi connectivity index (χ0n) is 10.4. The summed E-state index contributed by atoms with van der Waals surface area (Å²) in [4.78, 5) is 4.12. The average molecular weight is 288 g/mol. The summed E-state index contributed by atoms with van der Waals surface area (Å²) >= 11 is 5.86. The van der Waals surface area contributed by atoms with Gasteiger partial charge in [-0.3, -0.25) is 0 Å². The monoisotopic (exact) mass is 287 g/mol. The quantitative estimate of drug-likeness (QED) is 0.860. The summed E-state index contributed by atoms with van der Waals surface area (Å²) in [6, 6.07) is 10.7. The van der Waals surface area contributed by atoms with Crippen molar-refractivity contribution in [1.29, 1.82) is 5.26 Å². The number of benzene rings is 1. The molecule has 6 heteroatoms. The van der Waals surface area contributed by atoms with E-state index in [0.717, 1.165) is 11.4 Å². The Morgan fingerprint density at radius 3 is 2.75 bits per heavy atom. The maximum atomic E-state index is 8.91. The number of nitrogens with one attached hydrogen (secondary N) is 1. The predicted molar refractivity (Wildman–Crippen MR) is 74.7 cm³/mol. The molecule has 0 saturated heterocycles. The van der Waals surface area contributed by atoms with Crippen molar-refractivity contribution in [2.75, 3.05) is 18.5 Å². The predicted octanol–water partition coefficient (Wildman–Crippen LogP) is 3.12. The van der Waals surface area contributed by atoms with E-state index in [0.29, 0.717) is 30.3 Å². The van der Waals surface area contributed by atoms with Gasteiger partial charge in [-0.1, -0.05) is 11.6 Å². The fourth-order valence-corrected chi connectivity index (χ4v) is 2.10. The van der Waals surface area contributed by atoms with Gasteiger partial charge in [-0.15, -0.1) is 0 Å². The van der Waals surface area contributed by atoms with Crippen LogP contribution in [0.4, 0.5) is 11.5 Å². The molecule has 0 bridgehead atoms. The van der Waals surface area contributed by atoms with Gasteiger partial charge in [-0.2, -0.15) is 5.26 Å². The lowest BCUT2D eigenvalue weighted by molar-refractivity contribution is 0.171. The number of fused-ring (bicyclic) bond motifs is 1. The summed E-state index contributed by atoms with van der Waals surface area (Å²) in [5.41, 5.74) is 1.23. The fourth-order valence-electron chi connectivity index (χ4n) is 1.89. The summed E-state index contributed by atoms with van der Waals surface area (Å²) in [6.07, 6.45) is 0. The molecule has 1 aliphatic heterocycles. The van der Waals surface area contributed by atoms with Crippen LogP contribution in [0.5, 0.6) is 11.5 Å². The van der Waals surface area contributed by atoms with Gasteiger partial charge in [0.05, 0.1) is 11.6 Å². The van der Waals surface area contributed by atoms with Crippen LogP contribution >= 0.6 is 11.6 Å². The van der Waals surface area contributed by atoms with Gasteiger partial charge in [-0.25, -0.2) is 4.98 Å². The van der Waals surface area contributed by atoms with E-state index in [1.807, 2.05) is 24.3 Å². The molecular weight excluding hydrogens is 278 g/mol. The van der Waals surface area contributed by atoms with Gasteiger partial charge < -0.3 is 14.8 Å². The lowest BCUT2D eigenvalue weighted by atomic mass is 10.2. The number of anilines is 2. The molecule has 0 aliphatic carbocycles. The molecular formula is C14H10ClN3O2. The third kappa shape index (κ3) is 2.60. The number of aromatic nitrogens is 1. The molecule has 20 heavy (non-hydrogen) atoms. The van der Waals surface area contributed by atoms with E-state index in [2.05, 4.69) is 10.3 Å². The number of rotatable bonds is 2. The van der Waals surface area contributed by atoms with Crippen molar-refractivity contribution in [2.45, 2.75) is 0 Å². The third-order valence-electron chi connectivity index (χ3n) is 2.74. The smallest absolute Gasteiger partial charge is 0.163 e. The molecule has 5 nitrogen and oxygen atoms in total. The van der Waals surface area contributed by atoms with Crippen LogP contribution in [-0.2, 0) is 0 Å². The second kappa shape index (κ2) is 5.27. The van der Waals surface area contributed by atoms with Gasteiger partial charge in [0.15, 0.2) is 11.5 Å². The van der Waals surface area contributed by atoms with Crippen LogP contribution in [0.15, 0.2) is 30.3 Å². The van der Waals surface area contributed by atoms with Gasteiger partial charge >= 0.3 is 0 Å². The zero-order valence-corrected chi connectivity index (χ0v) is 11.1. The normalized spacial score (nSPS) is 12.6. The lowest BCUT2D eigenvalue weighted by Crippen LogP contribution is -2.15. The first kappa shape index (κ1) is 12.6. The van der Waals surface area contributed by atoms with E-state index in [1.165, 1.54) is 6.07 Å². The van der Waals surface area contributed by atoms with Crippen LogP contribution in [0.3, 0.4) is 0 Å². The highest BCUT2D eigenvalue weighted by molar-refractivity contribution is 6.29. The van der Waals surface area contributed by atoms with Crippen molar-refractivity contribution in [1.82, 2.24) is 4.98 Å². The highest BCUT2D eigenvalue weighted by atomic mass is 35.5. The Labute approximate surface area is 120 Å². The largest absolute Gasteiger partial charge is 0.486 e. The number of nitriles is 1. The first-order chi connectivity index (χ1) is 9.74. The minimum atomic E-state index is 0.268. The Kier molecular flexibility index (Phi) is 3.32. The van der Waals surface area contributed by atoms with E-state index >= 15 is 0 Å². The van der Waals surface area contributed by atoms with Crippen molar-refractivity contribution in [3.63, 3.8) is 0 Å². The number of hydrogen-bond acceptors (Lipinski definition) is 5. The molecule has 1 aromatic carbocycles. The molecule has 1 N–H and O–H groups in total. The summed E-state index contributed by atoms with van der Waals surface area (Å²) < 4.78 is 11.0. The Bertz CT molecular complexity index is 697. The SMILES string of the molecule is N#Cc1cc(Cl)nc(Nc2ccc3c(c2)OCCO3)c1. The minimum Gasteiger partial charge on any atom is -0.486 e. The molecule has 100 valence electrons. The van der Waals surface area contributed by atoms with Crippen molar-refractivity contribution in [3.05, 3.63) is 41.0 Å². The van der Waals surface area contributed by atoms with Gasteiger partial charge in [0.2, 0.25) is 0 Å². The van der Waals surface area contributed by atoms with Gasteiger partial charge in [0.1, 0.15) is 24.2 Å². The topological polar surface area (TPSA) is 67.2 Å².